The first-order chi connectivity index (χ1) is 14.1. The second kappa shape index (κ2) is 10.5. The zero-order valence-corrected chi connectivity index (χ0v) is 17.2. The van der Waals surface area contributed by atoms with Gasteiger partial charge in [0, 0.05) is 5.92 Å². The van der Waals surface area contributed by atoms with Gasteiger partial charge in [0.1, 0.15) is 11.5 Å². The van der Waals surface area contributed by atoms with Crippen LogP contribution in [-0.2, 0) is 11.0 Å². The number of para-hydroxylation sites is 2. The van der Waals surface area contributed by atoms with Gasteiger partial charge in [0.15, 0.2) is 0 Å². The molecule has 0 radical (unpaired) electrons. The van der Waals surface area contributed by atoms with Gasteiger partial charge in [-0.25, -0.2) is 4.57 Å². The summed E-state index contributed by atoms with van der Waals surface area (Å²) in [7, 11) is -3.64. The Morgan fingerprint density at radius 1 is 0.828 bits per heavy atom. The molecule has 148 valence electrons. The summed E-state index contributed by atoms with van der Waals surface area (Å²) in [6, 6.07) is 28.1. The highest BCUT2D eigenvalue weighted by Crippen LogP contribution is 2.44. The Bertz CT molecular complexity index is 937. The standard InChI is InChI=1S/C24H24NO3P/c1-21(20-22-13-5-2-6-14-22)12-11-19-25-29(26,27-23-15-7-3-8-16-23)28-24-17-9-4-10-18-24/h2-10,13-18,21H,19-20H2,1H3,(H,25,26). The zero-order valence-electron chi connectivity index (χ0n) is 16.3. The minimum absolute atomic E-state index is 0.184. The molecular formula is C24H24NO3P. The fraction of sp³-hybridized carbons (Fsp3) is 0.167. The Morgan fingerprint density at radius 3 is 1.83 bits per heavy atom. The first kappa shape index (κ1) is 20.7. The minimum atomic E-state index is -3.64. The number of hydrogen-bond donors (Lipinski definition) is 1. The normalized spacial score (nSPS) is 11.8. The number of hydrogen-bond acceptors (Lipinski definition) is 3. The van der Waals surface area contributed by atoms with Crippen molar-refractivity contribution in [2.24, 2.45) is 5.92 Å². The second-order valence-electron chi connectivity index (χ2n) is 6.55. The van der Waals surface area contributed by atoms with Crippen LogP contribution >= 0.6 is 7.75 Å². The van der Waals surface area contributed by atoms with E-state index in [1.54, 1.807) is 24.3 Å². The summed E-state index contributed by atoms with van der Waals surface area (Å²) in [5.41, 5.74) is 1.24. The van der Waals surface area contributed by atoms with Crippen molar-refractivity contribution in [2.75, 3.05) is 6.54 Å². The molecule has 0 aliphatic carbocycles. The predicted octanol–water partition coefficient (Wildman–Crippen LogP) is 5.72. The Morgan fingerprint density at radius 2 is 1.31 bits per heavy atom. The van der Waals surface area contributed by atoms with Gasteiger partial charge in [-0.15, -0.1) is 0 Å². The van der Waals surface area contributed by atoms with E-state index in [0.717, 1.165) is 6.42 Å². The average Bonchev–Trinajstić information content (AvgIpc) is 2.73. The molecular weight excluding hydrogens is 381 g/mol. The van der Waals surface area contributed by atoms with Crippen LogP contribution in [0.4, 0.5) is 0 Å². The molecule has 0 aliphatic rings. The van der Waals surface area contributed by atoms with Gasteiger partial charge in [0.2, 0.25) is 0 Å². The Kier molecular flexibility index (Phi) is 7.53. The van der Waals surface area contributed by atoms with E-state index in [-0.39, 0.29) is 12.5 Å². The molecule has 0 aromatic heterocycles. The minimum Gasteiger partial charge on any atom is -0.405 e. The number of nitrogens with one attached hydrogen (secondary N) is 1. The Hall–Kier alpha value is -2.99. The summed E-state index contributed by atoms with van der Waals surface area (Å²) in [5.74, 6) is 7.34. The molecule has 0 bridgehead atoms. The summed E-state index contributed by atoms with van der Waals surface area (Å²) >= 11 is 0. The molecule has 3 aromatic carbocycles. The van der Waals surface area contributed by atoms with Gasteiger partial charge in [0.05, 0.1) is 6.54 Å². The maximum Gasteiger partial charge on any atom is 0.513 e. The Labute approximate surface area is 172 Å². The van der Waals surface area contributed by atoms with Crippen LogP contribution in [0.5, 0.6) is 11.5 Å². The van der Waals surface area contributed by atoms with E-state index >= 15 is 0 Å². The van der Waals surface area contributed by atoms with E-state index in [1.165, 1.54) is 5.56 Å². The molecule has 0 heterocycles. The van der Waals surface area contributed by atoms with E-state index in [9.17, 15) is 4.57 Å². The molecule has 3 rings (SSSR count). The van der Waals surface area contributed by atoms with E-state index in [2.05, 4.69) is 36.0 Å². The smallest absolute Gasteiger partial charge is 0.405 e. The molecule has 1 unspecified atom stereocenters. The molecule has 0 amide bonds. The van der Waals surface area contributed by atoms with E-state index in [0.29, 0.717) is 11.5 Å². The summed E-state index contributed by atoms with van der Waals surface area (Å²) < 4.78 is 24.6. The van der Waals surface area contributed by atoms with Gasteiger partial charge in [-0.05, 0) is 36.2 Å². The summed E-state index contributed by atoms with van der Waals surface area (Å²) in [5, 5.41) is 2.85. The van der Waals surface area contributed by atoms with Crippen LogP contribution in [-0.4, -0.2) is 6.54 Å². The van der Waals surface area contributed by atoms with Gasteiger partial charge in [0.25, 0.3) is 0 Å². The van der Waals surface area contributed by atoms with Crippen molar-refractivity contribution in [1.82, 2.24) is 5.09 Å². The van der Waals surface area contributed by atoms with Crippen molar-refractivity contribution < 1.29 is 13.6 Å². The summed E-state index contributed by atoms with van der Waals surface area (Å²) in [6.07, 6.45) is 0.868. The molecule has 1 atom stereocenters. The summed E-state index contributed by atoms with van der Waals surface area (Å²) in [6.45, 7) is 2.26. The molecule has 29 heavy (non-hydrogen) atoms. The highest BCUT2D eigenvalue weighted by molar-refractivity contribution is 7.52. The van der Waals surface area contributed by atoms with Crippen LogP contribution < -0.4 is 14.1 Å². The largest absolute Gasteiger partial charge is 0.513 e. The molecule has 4 nitrogen and oxygen atoms in total. The van der Waals surface area contributed by atoms with E-state index in [4.69, 9.17) is 9.05 Å². The van der Waals surface area contributed by atoms with Gasteiger partial charge < -0.3 is 9.05 Å². The SMILES string of the molecule is CC(C#CCNP(=O)(Oc1ccccc1)Oc1ccccc1)Cc1ccccc1. The van der Waals surface area contributed by atoms with Gasteiger partial charge in [-0.3, -0.25) is 0 Å². The van der Waals surface area contributed by atoms with Crippen LogP contribution in [0.3, 0.4) is 0 Å². The Balaban J connectivity index is 1.63. The first-order valence-corrected chi connectivity index (χ1v) is 11.0. The molecule has 0 fully saturated rings. The lowest BCUT2D eigenvalue weighted by atomic mass is 10.0. The molecule has 0 saturated carbocycles. The zero-order chi connectivity index (χ0) is 20.4. The molecule has 0 aliphatic heterocycles. The van der Waals surface area contributed by atoms with Gasteiger partial charge in [-0.2, -0.15) is 5.09 Å². The fourth-order valence-corrected chi connectivity index (χ4v) is 3.94. The van der Waals surface area contributed by atoms with Crippen molar-refractivity contribution in [1.29, 1.82) is 0 Å². The third kappa shape index (κ3) is 7.16. The maximum absolute atomic E-state index is 13.3. The highest BCUT2D eigenvalue weighted by Gasteiger charge is 2.27. The first-order valence-electron chi connectivity index (χ1n) is 9.50. The number of benzene rings is 3. The van der Waals surface area contributed by atoms with E-state index in [1.807, 2.05) is 54.6 Å². The molecule has 0 spiro atoms. The van der Waals surface area contributed by atoms with Crippen LogP contribution in [0, 0.1) is 17.8 Å². The molecule has 3 aromatic rings. The maximum atomic E-state index is 13.3. The van der Waals surface area contributed by atoms with E-state index < -0.39 is 7.75 Å². The summed E-state index contributed by atoms with van der Waals surface area (Å²) in [4.78, 5) is 0. The van der Waals surface area contributed by atoms with Crippen LogP contribution in [0.1, 0.15) is 12.5 Å². The lowest BCUT2D eigenvalue weighted by Gasteiger charge is -2.19. The van der Waals surface area contributed by atoms with Crippen molar-refractivity contribution in [2.45, 2.75) is 13.3 Å². The molecule has 5 heteroatoms. The third-order valence-electron chi connectivity index (χ3n) is 4.03. The monoisotopic (exact) mass is 405 g/mol. The molecule has 1 N–H and O–H groups in total. The van der Waals surface area contributed by atoms with Crippen molar-refractivity contribution in [3.8, 4) is 23.3 Å². The number of rotatable bonds is 8. The quantitative estimate of drug-likeness (QED) is 0.384. The van der Waals surface area contributed by atoms with Crippen molar-refractivity contribution in [3.63, 3.8) is 0 Å². The lowest BCUT2D eigenvalue weighted by molar-refractivity contribution is 0.374. The average molecular weight is 405 g/mol. The van der Waals surface area contributed by atoms with Gasteiger partial charge >= 0.3 is 7.75 Å². The van der Waals surface area contributed by atoms with Crippen LogP contribution in [0.25, 0.3) is 0 Å². The molecule has 0 saturated heterocycles. The topological polar surface area (TPSA) is 47.6 Å². The van der Waals surface area contributed by atoms with Gasteiger partial charge in [-0.1, -0.05) is 85.5 Å². The van der Waals surface area contributed by atoms with Crippen molar-refractivity contribution in [3.05, 3.63) is 96.6 Å². The highest BCUT2D eigenvalue weighted by atomic mass is 31.2. The lowest BCUT2D eigenvalue weighted by Crippen LogP contribution is -2.19. The third-order valence-corrected chi connectivity index (χ3v) is 5.48. The van der Waals surface area contributed by atoms with Crippen LogP contribution in [0.15, 0.2) is 91.0 Å². The second-order valence-corrected chi connectivity index (χ2v) is 8.23. The predicted molar refractivity (Wildman–Crippen MR) is 117 cm³/mol. The van der Waals surface area contributed by atoms with Crippen molar-refractivity contribution >= 4 is 7.75 Å². The fourth-order valence-electron chi connectivity index (χ4n) is 2.70. The van der Waals surface area contributed by atoms with Crippen LogP contribution in [0.2, 0.25) is 0 Å².